The van der Waals surface area contributed by atoms with Crippen molar-refractivity contribution in [2.24, 2.45) is 5.41 Å². The van der Waals surface area contributed by atoms with E-state index in [0.717, 1.165) is 50.3 Å². The molecule has 2 aliphatic heterocycles. The fourth-order valence-electron chi connectivity index (χ4n) is 3.50. The maximum absolute atomic E-state index is 12.1. The van der Waals surface area contributed by atoms with Crippen molar-refractivity contribution in [3.05, 3.63) is 17.6 Å². The van der Waals surface area contributed by atoms with Crippen LogP contribution in [-0.2, 0) is 16.1 Å². The molecule has 1 amide bonds. The molecule has 1 atom stereocenters. The van der Waals surface area contributed by atoms with Crippen LogP contribution < -0.4 is 10.2 Å². The largest absolute Gasteiger partial charge is 0.388 e. The summed E-state index contributed by atoms with van der Waals surface area (Å²) in [4.78, 5) is 23.0. The number of hydrogen-bond donors (Lipinski definition) is 2. The van der Waals surface area contributed by atoms with E-state index < -0.39 is 0 Å². The van der Waals surface area contributed by atoms with Gasteiger partial charge in [-0.3, -0.25) is 4.79 Å². The van der Waals surface area contributed by atoms with E-state index >= 15 is 0 Å². The standard InChI is InChI=1S/C18H28N4O3/c1-13-10-16(21-15(11-23)20-13)22-7-5-18(2,6-8-22)12-19-17(24)14-4-3-9-25-14/h10,14,23H,3-9,11-12H2,1-2H3,(H,19,24). The topological polar surface area (TPSA) is 87.6 Å². The Balaban J connectivity index is 1.53. The molecule has 138 valence electrons. The van der Waals surface area contributed by atoms with Crippen LogP contribution in [0.2, 0.25) is 0 Å². The Labute approximate surface area is 148 Å². The summed E-state index contributed by atoms with van der Waals surface area (Å²) in [7, 11) is 0. The third-order valence-corrected chi connectivity index (χ3v) is 5.23. The van der Waals surface area contributed by atoms with Crippen molar-refractivity contribution in [1.82, 2.24) is 15.3 Å². The number of carbonyl (C=O) groups is 1. The lowest BCUT2D eigenvalue weighted by Crippen LogP contribution is -2.46. The highest BCUT2D eigenvalue weighted by Crippen LogP contribution is 2.32. The van der Waals surface area contributed by atoms with Crippen LogP contribution in [0.25, 0.3) is 0 Å². The smallest absolute Gasteiger partial charge is 0.249 e. The highest BCUT2D eigenvalue weighted by molar-refractivity contribution is 5.81. The number of piperidine rings is 1. The maximum atomic E-state index is 12.1. The van der Waals surface area contributed by atoms with Crippen molar-refractivity contribution in [2.75, 3.05) is 31.1 Å². The number of anilines is 1. The summed E-state index contributed by atoms with van der Waals surface area (Å²) >= 11 is 0. The van der Waals surface area contributed by atoms with Crippen LogP contribution in [0.15, 0.2) is 6.07 Å². The van der Waals surface area contributed by atoms with E-state index in [1.165, 1.54) is 0 Å². The molecule has 25 heavy (non-hydrogen) atoms. The summed E-state index contributed by atoms with van der Waals surface area (Å²) in [6.07, 6.45) is 3.51. The van der Waals surface area contributed by atoms with E-state index in [9.17, 15) is 9.90 Å². The second-order valence-electron chi connectivity index (χ2n) is 7.46. The van der Waals surface area contributed by atoms with Crippen molar-refractivity contribution >= 4 is 11.7 Å². The van der Waals surface area contributed by atoms with Gasteiger partial charge >= 0.3 is 0 Å². The third-order valence-electron chi connectivity index (χ3n) is 5.23. The zero-order chi connectivity index (χ0) is 17.9. The molecule has 0 aliphatic carbocycles. The molecular weight excluding hydrogens is 320 g/mol. The highest BCUT2D eigenvalue weighted by atomic mass is 16.5. The van der Waals surface area contributed by atoms with Gasteiger partial charge in [-0.1, -0.05) is 6.92 Å². The van der Waals surface area contributed by atoms with Crippen LogP contribution in [0.1, 0.15) is 44.1 Å². The van der Waals surface area contributed by atoms with Crippen molar-refractivity contribution in [2.45, 2.75) is 52.2 Å². The monoisotopic (exact) mass is 348 g/mol. The predicted octanol–water partition coefficient (Wildman–Crippen LogP) is 1.18. The molecule has 2 aliphatic rings. The summed E-state index contributed by atoms with van der Waals surface area (Å²) in [5.41, 5.74) is 0.957. The number of aliphatic hydroxyl groups is 1. The summed E-state index contributed by atoms with van der Waals surface area (Å²) in [6, 6.07) is 1.96. The molecule has 0 bridgehead atoms. The maximum Gasteiger partial charge on any atom is 0.249 e. The van der Waals surface area contributed by atoms with Gasteiger partial charge in [0.1, 0.15) is 18.5 Å². The second kappa shape index (κ2) is 7.66. The van der Waals surface area contributed by atoms with E-state index in [4.69, 9.17) is 4.74 Å². The van der Waals surface area contributed by atoms with Gasteiger partial charge in [-0.2, -0.15) is 0 Å². The quantitative estimate of drug-likeness (QED) is 0.831. The number of ether oxygens (including phenoxy) is 1. The van der Waals surface area contributed by atoms with Crippen LogP contribution in [0.5, 0.6) is 0 Å². The SMILES string of the molecule is Cc1cc(N2CCC(C)(CNC(=O)C3CCCO3)CC2)nc(CO)n1. The number of aryl methyl sites for hydroxylation is 1. The Morgan fingerprint density at radius 3 is 2.84 bits per heavy atom. The van der Waals surface area contributed by atoms with E-state index in [2.05, 4.69) is 27.1 Å². The van der Waals surface area contributed by atoms with Gasteiger partial charge in [-0.05, 0) is 38.0 Å². The molecule has 0 spiro atoms. The van der Waals surface area contributed by atoms with Crippen LogP contribution in [0.3, 0.4) is 0 Å². The van der Waals surface area contributed by atoms with E-state index in [1.807, 2.05) is 13.0 Å². The molecule has 2 fully saturated rings. The summed E-state index contributed by atoms with van der Waals surface area (Å²) in [5.74, 6) is 1.37. The molecule has 0 radical (unpaired) electrons. The first kappa shape index (κ1) is 18.1. The van der Waals surface area contributed by atoms with Crippen LogP contribution >= 0.6 is 0 Å². The third kappa shape index (κ3) is 4.46. The minimum absolute atomic E-state index is 0.0279. The van der Waals surface area contributed by atoms with Crippen LogP contribution in [0, 0.1) is 12.3 Å². The molecular formula is C18H28N4O3. The molecule has 0 saturated carbocycles. The molecule has 2 saturated heterocycles. The van der Waals surface area contributed by atoms with E-state index in [1.54, 1.807) is 0 Å². The Bertz CT molecular complexity index is 608. The van der Waals surface area contributed by atoms with Crippen molar-refractivity contribution in [3.63, 3.8) is 0 Å². The fourth-order valence-corrected chi connectivity index (χ4v) is 3.50. The Kier molecular flexibility index (Phi) is 5.54. The molecule has 0 aromatic carbocycles. The minimum Gasteiger partial charge on any atom is -0.388 e. The van der Waals surface area contributed by atoms with Gasteiger partial charge in [0.05, 0.1) is 0 Å². The molecule has 1 aromatic heterocycles. The first-order valence-corrected chi connectivity index (χ1v) is 9.09. The lowest BCUT2D eigenvalue weighted by molar-refractivity contribution is -0.130. The lowest BCUT2D eigenvalue weighted by atomic mass is 9.80. The summed E-state index contributed by atoms with van der Waals surface area (Å²) < 4.78 is 5.44. The zero-order valence-electron chi connectivity index (χ0n) is 15.1. The Morgan fingerprint density at radius 1 is 1.44 bits per heavy atom. The number of aromatic nitrogens is 2. The molecule has 7 nitrogen and oxygen atoms in total. The van der Waals surface area contributed by atoms with Crippen LogP contribution in [0.4, 0.5) is 5.82 Å². The second-order valence-corrected chi connectivity index (χ2v) is 7.46. The first-order chi connectivity index (χ1) is 12.0. The number of aliphatic hydroxyl groups excluding tert-OH is 1. The normalized spacial score (nSPS) is 22.8. The van der Waals surface area contributed by atoms with Gasteiger partial charge < -0.3 is 20.1 Å². The number of amides is 1. The molecule has 7 heteroatoms. The summed E-state index contributed by atoms with van der Waals surface area (Å²) in [5, 5.41) is 12.4. The van der Waals surface area contributed by atoms with Gasteiger partial charge in [0.25, 0.3) is 0 Å². The number of nitrogens with zero attached hydrogens (tertiary/aromatic N) is 3. The Morgan fingerprint density at radius 2 is 2.20 bits per heavy atom. The van der Waals surface area contributed by atoms with Crippen molar-refractivity contribution < 1.29 is 14.6 Å². The summed E-state index contributed by atoms with van der Waals surface area (Å²) in [6.45, 7) is 7.14. The molecule has 3 heterocycles. The van der Waals surface area contributed by atoms with Gasteiger partial charge in [-0.25, -0.2) is 9.97 Å². The lowest BCUT2D eigenvalue weighted by Gasteiger charge is -2.40. The van der Waals surface area contributed by atoms with Crippen molar-refractivity contribution in [3.8, 4) is 0 Å². The van der Waals surface area contributed by atoms with Crippen LogP contribution in [-0.4, -0.2) is 53.3 Å². The number of nitrogens with one attached hydrogen (secondary N) is 1. The molecule has 2 N–H and O–H groups in total. The highest BCUT2D eigenvalue weighted by Gasteiger charge is 2.32. The van der Waals surface area contributed by atoms with Gasteiger partial charge in [0, 0.05) is 38.0 Å². The van der Waals surface area contributed by atoms with Gasteiger partial charge in [0.2, 0.25) is 5.91 Å². The fraction of sp³-hybridized carbons (Fsp3) is 0.722. The number of rotatable bonds is 5. The van der Waals surface area contributed by atoms with E-state index in [0.29, 0.717) is 19.0 Å². The Hall–Kier alpha value is -1.73. The van der Waals surface area contributed by atoms with Gasteiger partial charge in [-0.15, -0.1) is 0 Å². The molecule has 1 aromatic rings. The first-order valence-electron chi connectivity index (χ1n) is 9.09. The average molecular weight is 348 g/mol. The van der Waals surface area contributed by atoms with Crippen molar-refractivity contribution in [1.29, 1.82) is 0 Å². The minimum atomic E-state index is -0.260. The van der Waals surface area contributed by atoms with E-state index in [-0.39, 0.29) is 24.0 Å². The number of carbonyl (C=O) groups excluding carboxylic acids is 1. The zero-order valence-corrected chi connectivity index (χ0v) is 15.1. The number of hydrogen-bond acceptors (Lipinski definition) is 6. The average Bonchev–Trinajstić information content (AvgIpc) is 3.14. The van der Waals surface area contributed by atoms with Gasteiger partial charge in [0.15, 0.2) is 5.82 Å². The molecule has 1 unspecified atom stereocenters. The molecule has 3 rings (SSSR count). The predicted molar refractivity (Wildman–Crippen MR) is 94.2 cm³/mol.